The average molecular weight is 314 g/mol. The van der Waals surface area contributed by atoms with Gasteiger partial charge in [0.15, 0.2) is 11.5 Å². The lowest BCUT2D eigenvalue weighted by Crippen LogP contribution is -2.38. The van der Waals surface area contributed by atoms with Gasteiger partial charge in [-0.15, -0.1) is 0 Å². The Kier molecular flexibility index (Phi) is 5.94. The molecule has 0 radical (unpaired) electrons. The second-order valence-corrected chi connectivity index (χ2v) is 7.40. The summed E-state index contributed by atoms with van der Waals surface area (Å²) in [6, 6.07) is 3.81. The molecule has 1 aromatic carbocycles. The van der Waals surface area contributed by atoms with Gasteiger partial charge in [-0.1, -0.05) is 25.4 Å². The highest BCUT2D eigenvalue weighted by Crippen LogP contribution is 2.40. The summed E-state index contributed by atoms with van der Waals surface area (Å²) in [7, 11) is 3.26. The molecular formula is C17H28ClNO2. The van der Waals surface area contributed by atoms with Gasteiger partial charge in [0.2, 0.25) is 0 Å². The third kappa shape index (κ3) is 5.08. The van der Waals surface area contributed by atoms with Crippen molar-refractivity contribution in [1.82, 2.24) is 5.32 Å². The van der Waals surface area contributed by atoms with E-state index in [4.69, 9.17) is 21.1 Å². The minimum absolute atomic E-state index is 0.0467. The van der Waals surface area contributed by atoms with E-state index in [1.165, 1.54) is 0 Å². The highest BCUT2D eigenvalue weighted by molar-refractivity contribution is 6.31. The minimum atomic E-state index is -0.0467. The first-order valence-corrected chi connectivity index (χ1v) is 7.65. The molecule has 0 fully saturated rings. The molecule has 0 amide bonds. The molecule has 0 saturated heterocycles. The Balaban J connectivity index is 2.96. The van der Waals surface area contributed by atoms with Gasteiger partial charge in [0.05, 0.1) is 14.2 Å². The summed E-state index contributed by atoms with van der Waals surface area (Å²) >= 11 is 6.43. The fraction of sp³-hybridized carbons (Fsp3) is 0.647. The van der Waals surface area contributed by atoms with Gasteiger partial charge in [-0.3, -0.25) is 0 Å². The first-order valence-electron chi connectivity index (χ1n) is 7.28. The van der Waals surface area contributed by atoms with Crippen molar-refractivity contribution in [2.45, 2.75) is 52.0 Å². The molecule has 0 aromatic heterocycles. The summed E-state index contributed by atoms with van der Waals surface area (Å²) in [4.78, 5) is 0. The summed E-state index contributed by atoms with van der Waals surface area (Å²) in [5, 5.41) is 4.24. The zero-order chi connectivity index (χ0) is 16.3. The van der Waals surface area contributed by atoms with Crippen LogP contribution in [-0.2, 0) is 5.41 Å². The molecule has 0 aliphatic rings. The highest BCUT2D eigenvalue weighted by atomic mass is 35.5. The van der Waals surface area contributed by atoms with E-state index in [1.54, 1.807) is 14.2 Å². The summed E-state index contributed by atoms with van der Waals surface area (Å²) in [6.07, 6.45) is 0.986. The molecule has 0 aliphatic heterocycles. The molecule has 1 N–H and O–H groups in total. The number of halogens is 1. The molecule has 4 heteroatoms. The molecule has 0 atom stereocenters. The normalized spacial score (nSPS) is 12.4. The van der Waals surface area contributed by atoms with E-state index in [0.29, 0.717) is 16.5 Å². The van der Waals surface area contributed by atoms with Crippen molar-refractivity contribution in [2.24, 2.45) is 0 Å². The van der Waals surface area contributed by atoms with Crippen LogP contribution >= 0.6 is 11.6 Å². The molecule has 0 heterocycles. The van der Waals surface area contributed by atoms with Gasteiger partial charge in [-0.25, -0.2) is 0 Å². The molecule has 0 bridgehead atoms. The Morgan fingerprint density at radius 1 is 1.00 bits per heavy atom. The summed E-state index contributed by atoms with van der Waals surface area (Å²) in [6.45, 7) is 11.8. The predicted molar refractivity (Wildman–Crippen MR) is 90.0 cm³/mol. The Hall–Kier alpha value is -0.930. The molecule has 0 unspecified atom stereocenters. The fourth-order valence-corrected chi connectivity index (χ4v) is 2.67. The molecule has 0 spiro atoms. The van der Waals surface area contributed by atoms with Crippen LogP contribution in [0, 0.1) is 0 Å². The number of hydrogen-bond acceptors (Lipinski definition) is 3. The maximum atomic E-state index is 6.43. The second kappa shape index (κ2) is 6.89. The molecule has 3 nitrogen and oxygen atoms in total. The zero-order valence-corrected chi connectivity index (χ0v) is 15.0. The maximum absolute atomic E-state index is 6.43. The molecule has 21 heavy (non-hydrogen) atoms. The Morgan fingerprint density at radius 2 is 1.52 bits per heavy atom. The number of rotatable bonds is 6. The van der Waals surface area contributed by atoms with Crippen molar-refractivity contribution >= 4 is 11.6 Å². The number of ether oxygens (including phenoxy) is 2. The van der Waals surface area contributed by atoms with Crippen LogP contribution < -0.4 is 14.8 Å². The SMILES string of the molecule is COc1cc(Cl)c(C(C)(C)CCNC(C)(C)C)cc1OC. The first-order chi connectivity index (χ1) is 9.60. The summed E-state index contributed by atoms with van der Waals surface area (Å²) in [5.41, 5.74) is 1.16. The quantitative estimate of drug-likeness (QED) is 0.843. The molecule has 120 valence electrons. The summed E-state index contributed by atoms with van der Waals surface area (Å²) in [5.74, 6) is 1.38. The van der Waals surface area contributed by atoms with E-state index in [1.807, 2.05) is 12.1 Å². The van der Waals surface area contributed by atoms with E-state index < -0.39 is 0 Å². The van der Waals surface area contributed by atoms with Crippen molar-refractivity contribution in [1.29, 1.82) is 0 Å². The summed E-state index contributed by atoms with van der Waals surface area (Å²) < 4.78 is 10.7. The van der Waals surface area contributed by atoms with E-state index in [0.717, 1.165) is 18.5 Å². The van der Waals surface area contributed by atoms with E-state index in [2.05, 4.69) is 39.9 Å². The van der Waals surface area contributed by atoms with Crippen molar-refractivity contribution in [3.8, 4) is 11.5 Å². The Morgan fingerprint density at radius 3 is 2.00 bits per heavy atom. The predicted octanol–water partition coefficient (Wildman–Crippen LogP) is 4.41. The van der Waals surface area contributed by atoms with Gasteiger partial charge in [-0.2, -0.15) is 0 Å². The van der Waals surface area contributed by atoms with Gasteiger partial charge in [0, 0.05) is 16.6 Å². The van der Waals surface area contributed by atoms with E-state index in [9.17, 15) is 0 Å². The second-order valence-electron chi connectivity index (χ2n) is 7.00. The molecular weight excluding hydrogens is 286 g/mol. The van der Waals surface area contributed by atoms with Crippen LogP contribution in [0.25, 0.3) is 0 Å². The lowest BCUT2D eigenvalue weighted by molar-refractivity contribution is 0.350. The van der Waals surface area contributed by atoms with Gasteiger partial charge in [-0.05, 0) is 50.8 Å². The number of nitrogens with one attached hydrogen (secondary N) is 1. The Labute approximate surface area is 134 Å². The van der Waals surface area contributed by atoms with Gasteiger partial charge in [0.1, 0.15) is 0 Å². The van der Waals surface area contributed by atoms with E-state index in [-0.39, 0.29) is 11.0 Å². The molecule has 1 rings (SSSR count). The van der Waals surface area contributed by atoms with Crippen LogP contribution in [0.15, 0.2) is 12.1 Å². The van der Waals surface area contributed by atoms with Crippen LogP contribution in [0.5, 0.6) is 11.5 Å². The standard InChI is InChI=1S/C17H28ClNO2/c1-16(2,3)19-9-8-17(4,5)12-10-14(20-6)15(21-7)11-13(12)18/h10-11,19H,8-9H2,1-7H3. The zero-order valence-electron chi connectivity index (χ0n) is 14.3. The topological polar surface area (TPSA) is 30.5 Å². The van der Waals surface area contributed by atoms with Crippen LogP contribution in [0.2, 0.25) is 5.02 Å². The Bertz CT molecular complexity index is 478. The van der Waals surface area contributed by atoms with Gasteiger partial charge < -0.3 is 14.8 Å². The lowest BCUT2D eigenvalue weighted by atomic mass is 9.81. The van der Waals surface area contributed by atoms with Crippen molar-refractivity contribution in [3.63, 3.8) is 0 Å². The molecule has 0 aliphatic carbocycles. The molecule has 1 aromatic rings. The minimum Gasteiger partial charge on any atom is -0.493 e. The van der Waals surface area contributed by atoms with Crippen LogP contribution in [-0.4, -0.2) is 26.3 Å². The van der Waals surface area contributed by atoms with Crippen molar-refractivity contribution in [3.05, 3.63) is 22.7 Å². The van der Waals surface area contributed by atoms with Crippen LogP contribution in [0.3, 0.4) is 0 Å². The lowest BCUT2D eigenvalue weighted by Gasteiger charge is -2.29. The average Bonchev–Trinajstić information content (AvgIpc) is 2.36. The van der Waals surface area contributed by atoms with Crippen molar-refractivity contribution in [2.75, 3.05) is 20.8 Å². The van der Waals surface area contributed by atoms with Crippen molar-refractivity contribution < 1.29 is 9.47 Å². The number of hydrogen-bond donors (Lipinski definition) is 1. The third-order valence-corrected chi connectivity index (χ3v) is 3.92. The van der Waals surface area contributed by atoms with Gasteiger partial charge in [0.25, 0.3) is 0 Å². The number of benzene rings is 1. The smallest absolute Gasteiger partial charge is 0.162 e. The van der Waals surface area contributed by atoms with Gasteiger partial charge >= 0.3 is 0 Å². The highest BCUT2D eigenvalue weighted by Gasteiger charge is 2.25. The largest absolute Gasteiger partial charge is 0.493 e. The van der Waals surface area contributed by atoms with E-state index >= 15 is 0 Å². The van der Waals surface area contributed by atoms with Crippen LogP contribution in [0.4, 0.5) is 0 Å². The first kappa shape index (κ1) is 18.1. The maximum Gasteiger partial charge on any atom is 0.162 e. The third-order valence-electron chi connectivity index (χ3n) is 3.61. The number of methoxy groups -OCH3 is 2. The van der Waals surface area contributed by atoms with Crippen LogP contribution in [0.1, 0.15) is 46.6 Å². The molecule has 0 saturated carbocycles. The fourth-order valence-electron chi connectivity index (χ4n) is 2.26. The monoisotopic (exact) mass is 313 g/mol.